The van der Waals surface area contributed by atoms with E-state index >= 15 is 0 Å². The number of rotatable bonds is 8. The van der Waals surface area contributed by atoms with Crippen LogP contribution in [0.25, 0.3) is 0 Å². The minimum Gasteiger partial charge on any atom is -0.493 e. The summed E-state index contributed by atoms with van der Waals surface area (Å²) in [6, 6.07) is 14.4. The number of piperazine rings is 1. The molecule has 1 aliphatic heterocycles. The average Bonchev–Trinajstić information content (AvgIpc) is 2.83. The van der Waals surface area contributed by atoms with Crippen LogP contribution in [-0.2, 0) is 6.61 Å². The van der Waals surface area contributed by atoms with E-state index in [1.165, 1.54) is 6.42 Å². The lowest BCUT2D eigenvalue weighted by Crippen LogP contribution is -2.50. The van der Waals surface area contributed by atoms with Crippen LogP contribution in [0, 0.1) is 0 Å². The van der Waals surface area contributed by atoms with E-state index in [4.69, 9.17) is 9.47 Å². The number of aliphatic hydroxyl groups is 1. The molecule has 4 rings (SSSR count). The highest BCUT2D eigenvalue weighted by atomic mass is 79.9. The smallest absolute Gasteiger partial charge is 0.175 e. The molecule has 0 aromatic heterocycles. The van der Waals surface area contributed by atoms with Gasteiger partial charge in [-0.2, -0.15) is 0 Å². The molecule has 5 nitrogen and oxygen atoms in total. The summed E-state index contributed by atoms with van der Waals surface area (Å²) in [4.78, 5) is 4.89. The Labute approximate surface area is 231 Å². The van der Waals surface area contributed by atoms with Crippen LogP contribution in [-0.4, -0.2) is 67.4 Å². The molecule has 0 radical (unpaired) electrons. The summed E-state index contributed by atoms with van der Waals surface area (Å²) in [6.45, 7) is 5.57. The van der Waals surface area contributed by atoms with Crippen LogP contribution in [0.4, 0.5) is 0 Å². The van der Waals surface area contributed by atoms with Gasteiger partial charge in [-0.15, -0.1) is 24.8 Å². The Morgan fingerprint density at radius 3 is 2.29 bits per heavy atom. The zero-order chi connectivity index (χ0) is 23.3. The van der Waals surface area contributed by atoms with Gasteiger partial charge in [-0.05, 0) is 59.1 Å². The molecule has 1 saturated carbocycles. The van der Waals surface area contributed by atoms with Gasteiger partial charge < -0.3 is 24.4 Å². The van der Waals surface area contributed by atoms with Crippen LogP contribution in [0.1, 0.15) is 49.1 Å². The molecule has 1 aliphatic carbocycles. The van der Waals surface area contributed by atoms with E-state index in [2.05, 4.69) is 57.0 Å². The van der Waals surface area contributed by atoms with Gasteiger partial charge in [0.2, 0.25) is 0 Å². The minimum atomic E-state index is -0.682. The first kappa shape index (κ1) is 30.2. The third kappa shape index (κ3) is 7.73. The van der Waals surface area contributed by atoms with E-state index in [1.807, 2.05) is 18.2 Å². The largest absolute Gasteiger partial charge is 0.493 e. The molecule has 0 spiro atoms. The lowest BCUT2D eigenvalue weighted by atomic mass is 9.72. The first-order chi connectivity index (χ1) is 16.0. The van der Waals surface area contributed by atoms with Gasteiger partial charge in [0, 0.05) is 38.6 Å². The van der Waals surface area contributed by atoms with E-state index in [-0.39, 0.29) is 30.7 Å². The number of benzene rings is 2. The van der Waals surface area contributed by atoms with Crippen molar-refractivity contribution in [2.75, 3.05) is 46.9 Å². The highest BCUT2D eigenvalue weighted by Crippen LogP contribution is 2.45. The fourth-order valence-corrected chi connectivity index (χ4v) is 5.77. The molecule has 1 unspecified atom stereocenters. The number of halogens is 3. The molecular formula is C27H39BrCl2N2O3. The van der Waals surface area contributed by atoms with E-state index in [1.54, 1.807) is 7.11 Å². The summed E-state index contributed by atoms with van der Waals surface area (Å²) in [6.07, 6.45) is 5.11. The van der Waals surface area contributed by atoms with Crippen LogP contribution < -0.4 is 9.47 Å². The van der Waals surface area contributed by atoms with E-state index < -0.39 is 5.60 Å². The zero-order valence-electron chi connectivity index (χ0n) is 20.7. The molecule has 196 valence electrons. The summed E-state index contributed by atoms with van der Waals surface area (Å²) in [7, 11) is 3.87. The van der Waals surface area contributed by atoms with Crippen molar-refractivity contribution in [2.45, 2.75) is 50.2 Å². The van der Waals surface area contributed by atoms with Gasteiger partial charge in [-0.25, -0.2) is 0 Å². The van der Waals surface area contributed by atoms with Crippen LogP contribution in [0.5, 0.6) is 11.5 Å². The normalized spacial score (nSPS) is 19.2. The maximum atomic E-state index is 11.8. The van der Waals surface area contributed by atoms with Crippen molar-refractivity contribution in [1.29, 1.82) is 0 Å². The molecule has 1 N–H and O–H groups in total. The lowest BCUT2D eigenvalue weighted by molar-refractivity contribution is -0.0337. The molecule has 2 aromatic rings. The highest BCUT2D eigenvalue weighted by molar-refractivity contribution is 9.10. The van der Waals surface area contributed by atoms with Gasteiger partial charge in [0.1, 0.15) is 6.61 Å². The molecule has 2 aliphatic rings. The quantitative estimate of drug-likeness (QED) is 0.415. The predicted molar refractivity (Wildman–Crippen MR) is 151 cm³/mol. The predicted octanol–water partition coefficient (Wildman–Crippen LogP) is 5.91. The van der Waals surface area contributed by atoms with Crippen molar-refractivity contribution in [3.63, 3.8) is 0 Å². The van der Waals surface area contributed by atoms with Crippen molar-refractivity contribution >= 4 is 40.7 Å². The van der Waals surface area contributed by atoms with E-state index in [9.17, 15) is 5.11 Å². The second kappa shape index (κ2) is 14.1. The summed E-state index contributed by atoms with van der Waals surface area (Å²) < 4.78 is 12.8. The molecular weight excluding hydrogens is 551 g/mol. The van der Waals surface area contributed by atoms with Crippen molar-refractivity contribution in [3.8, 4) is 11.5 Å². The third-order valence-electron chi connectivity index (χ3n) is 7.28. The van der Waals surface area contributed by atoms with Crippen LogP contribution in [0.2, 0.25) is 0 Å². The Balaban J connectivity index is 0.00000216. The number of hydrogen-bond donors (Lipinski definition) is 1. The number of methoxy groups -OCH3 is 1. The van der Waals surface area contributed by atoms with Crippen molar-refractivity contribution in [2.24, 2.45) is 0 Å². The molecule has 1 heterocycles. The number of hydrogen-bond acceptors (Lipinski definition) is 5. The standard InChI is InChI=1S/C27H37BrN2O3.2ClH/c1-29-13-15-30(16-14-29)19-23(27(31)11-7-4-8-12-27)22-17-24(28)26(25(18-22)32-2)33-20-21-9-5-3-6-10-21;;/h3,5-6,9-10,17-18,23,31H,4,7-8,11-16,19-20H2,1-2H3;2*1H. The fourth-order valence-electron chi connectivity index (χ4n) is 5.20. The molecule has 2 aromatic carbocycles. The van der Waals surface area contributed by atoms with Crippen molar-refractivity contribution in [1.82, 2.24) is 9.80 Å². The Bertz CT molecular complexity index is 905. The lowest BCUT2D eigenvalue weighted by Gasteiger charge is -2.43. The van der Waals surface area contributed by atoms with Gasteiger partial charge in [0.15, 0.2) is 11.5 Å². The number of likely N-dealkylation sites (N-methyl/N-ethyl adjacent to an activating group) is 1. The molecule has 8 heteroatoms. The summed E-state index contributed by atoms with van der Waals surface area (Å²) in [5.41, 5.74) is 1.55. The van der Waals surface area contributed by atoms with E-state index in [0.717, 1.165) is 74.0 Å². The SMILES string of the molecule is COc1cc(C(CN2CCN(C)CC2)C2(O)CCCCC2)cc(Br)c1OCc1ccccc1.Cl.Cl. The second-order valence-electron chi connectivity index (χ2n) is 9.63. The van der Waals surface area contributed by atoms with E-state index in [0.29, 0.717) is 18.1 Å². The van der Waals surface area contributed by atoms with Crippen LogP contribution in [0.15, 0.2) is 46.9 Å². The van der Waals surface area contributed by atoms with Gasteiger partial charge in [0.05, 0.1) is 17.2 Å². The first-order valence-electron chi connectivity index (χ1n) is 12.2. The second-order valence-corrected chi connectivity index (χ2v) is 10.5. The monoisotopic (exact) mass is 588 g/mol. The van der Waals surface area contributed by atoms with Crippen molar-refractivity contribution < 1.29 is 14.6 Å². The topological polar surface area (TPSA) is 45.2 Å². The minimum absolute atomic E-state index is 0. The molecule has 1 saturated heterocycles. The molecule has 0 amide bonds. The molecule has 2 fully saturated rings. The van der Waals surface area contributed by atoms with Crippen LogP contribution in [0.3, 0.4) is 0 Å². The Kier molecular flexibility index (Phi) is 12.1. The summed E-state index contributed by atoms with van der Waals surface area (Å²) in [5.74, 6) is 1.45. The first-order valence-corrected chi connectivity index (χ1v) is 13.0. The fraction of sp³-hybridized carbons (Fsp3) is 0.556. The number of nitrogens with zero attached hydrogens (tertiary/aromatic N) is 2. The highest BCUT2D eigenvalue weighted by Gasteiger charge is 2.40. The molecule has 1 atom stereocenters. The van der Waals surface area contributed by atoms with Crippen molar-refractivity contribution in [3.05, 3.63) is 58.1 Å². The third-order valence-corrected chi connectivity index (χ3v) is 7.87. The van der Waals surface area contributed by atoms with Crippen LogP contribution >= 0.6 is 40.7 Å². The average molecular weight is 590 g/mol. The molecule has 35 heavy (non-hydrogen) atoms. The Morgan fingerprint density at radius 2 is 1.66 bits per heavy atom. The van der Waals surface area contributed by atoms with Gasteiger partial charge in [-0.3, -0.25) is 0 Å². The maximum Gasteiger partial charge on any atom is 0.175 e. The summed E-state index contributed by atoms with van der Waals surface area (Å²) >= 11 is 3.75. The van der Waals surface area contributed by atoms with Gasteiger partial charge in [0.25, 0.3) is 0 Å². The summed E-state index contributed by atoms with van der Waals surface area (Å²) in [5, 5.41) is 11.8. The van der Waals surface area contributed by atoms with Gasteiger partial charge >= 0.3 is 0 Å². The Hall–Kier alpha value is -1.02. The molecule has 0 bridgehead atoms. The maximum absolute atomic E-state index is 11.8. The number of ether oxygens (including phenoxy) is 2. The zero-order valence-corrected chi connectivity index (χ0v) is 24.0. The van der Waals surface area contributed by atoms with Gasteiger partial charge in [-0.1, -0.05) is 49.6 Å². The Morgan fingerprint density at radius 1 is 1.00 bits per heavy atom.